The highest BCUT2D eigenvalue weighted by Crippen LogP contribution is 2.28. The van der Waals surface area contributed by atoms with Crippen molar-refractivity contribution in [2.75, 3.05) is 6.61 Å². The van der Waals surface area contributed by atoms with Gasteiger partial charge in [-0.1, -0.05) is 0 Å². The first-order valence-electron chi connectivity index (χ1n) is 5.69. The Hall–Kier alpha value is -1.81. The summed E-state index contributed by atoms with van der Waals surface area (Å²) < 4.78 is 10.6. The molecule has 1 heterocycles. The number of hydrogen-bond acceptors (Lipinski definition) is 4. The average molecular weight is 262 g/mol. The van der Waals surface area contributed by atoms with Crippen LogP contribution in [0.5, 0.6) is 10.8 Å². The maximum absolute atomic E-state index is 11.5. The molecule has 3 nitrogen and oxygen atoms in total. The highest BCUT2D eigenvalue weighted by Gasteiger charge is 2.06. The van der Waals surface area contributed by atoms with Crippen LogP contribution >= 0.6 is 11.3 Å². The first-order chi connectivity index (χ1) is 8.69. The Morgan fingerprint density at radius 3 is 2.56 bits per heavy atom. The molecule has 0 aliphatic rings. The van der Waals surface area contributed by atoms with Gasteiger partial charge >= 0.3 is 5.97 Å². The summed E-state index contributed by atoms with van der Waals surface area (Å²) >= 11 is 1.55. The van der Waals surface area contributed by atoms with Gasteiger partial charge in [0.15, 0.2) is 5.06 Å². The van der Waals surface area contributed by atoms with Crippen LogP contribution in [0.15, 0.2) is 35.7 Å². The lowest BCUT2D eigenvalue weighted by Crippen LogP contribution is -2.03. The standard InChI is InChI=1S/C14H14O3S/c1-3-16-14(15)11-4-6-12(7-5-11)17-13-8-10(2)9-18-13/h4-9H,3H2,1-2H3. The van der Waals surface area contributed by atoms with E-state index in [1.54, 1.807) is 42.5 Å². The molecule has 0 atom stereocenters. The van der Waals surface area contributed by atoms with Gasteiger partial charge in [0, 0.05) is 0 Å². The summed E-state index contributed by atoms with van der Waals surface area (Å²) in [6, 6.07) is 8.91. The normalized spacial score (nSPS) is 10.1. The van der Waals surface area contributed by atoms with Gasteiger partial charge in [0.25, 0.3) is 0 Å². The van der Waals surface area contributed by atoms with Gasteiger partial charge in [-0.15, -0.1) is 11.3 Å². The van der Waals surface area contributed by atoms with Gasteiger partial charge in [-0.2, -0.15) is 0 Å². The summed E-state index contributed by atoms with van der Waals surface area (Å²) in [6.07, 6.45) is 0. The van der Waals surface area contributed by atoms with Crippen LogP contribution in [0.4, 0.5) is 0 Å². The van der Waals surface area contributed by atoms with Crippen molar-refractivity contribution in [2.45, 2.75) is 13.8 Å². The van der Waals surface area contributed by atoms with E-state index in [9.17, 15) is 4.79 Å². The number of thiophene rings is 1. The van der Waals surface area contributed by atoms with Gasteiger partial charge in [-0.05, 0) is 55.1 Å². The Kier molecular flexibility index (Phi) is 3.99. The van der Waals surface area contributed by atoms with E-state index in [1.165, 1.54) is 5.56 Å². The molecule has 0 aliphatic heterocycles. The van der Waals surface area contributed by atoms with Gasteiger partial charge in [-0.3, -0.25) is 0 Å². The Balaban J connectivity index is 2.05. The fourth-order valence-corrected chi connectivity index (χ4v) is 2.22. The van der Waals surface area contributed by atoms with E-state index >= 15 is 0 Å². The first-order valence-corrected chi connectivity index (χ1v) is 6.57. The molecule has 0 N–H and O–H groups in total. The summed E-state index contributed by atoms with van der Waals surface area (Å²) in [4.78, 5) is 11.5. The maximum Gasteiger partial charge on any atom is 0.338 e. The molecule has 0 radical (unpaired) electrons. The minimum atomic E-state index is -0.309. The molecule has 0 saturated heterocycles. The van der Waals surface area contributed by atoms with Gasteiger partial charge in [0.2, 0.25) is 0 Å². The molecule has 18 heavy (non-hydrogen) atoms. The van der Waals surface area contributed by atoms with Crippen molar-refractivity contribution in [3.63, 3.8) is 0 Å². The summed E-state index contributed by atoms with van der Waals surface area (Å²) in [5.74, 6) is 0.404. The van der Waals surface area contributed by atoms with Crippen LogP contribution in [0.1, 0.15) is 22.8 Å². The number of aryl methyl sites for hydroxylation is 1. The van der Waals surface area contributed by atoms with Gasteiger partial charge in [-0.25, -0.2) is 4.79 Å². The van der Waals surface area contributed by atoms with Crippen LogP contribution in [-0.4, -0.2) is 12.6 Å². The predicted molar refractivity (Wildman–Crippen MR) is 71.5 cm³/mol. The molecule has 0 amide bonds. The summed E-state index contributed by atoms with van der Waals surface area (Å²) in [5.41, 5.74) is 1.71. The van der Waals surface area contributed by atoms with Crippen molar-refractivity contribution in [3.05, 3.63) is 46.8 Å². The van der Waals surface area contributed by atoms with Crippen molar-refractivity contribution >= 4 is 17.3 Å². The van der Waals surface area contributed by atoms with E-state index in [2.05, 4.69) is 0 Å². The number of carbonyl (C=O) groups is 1. The third kappa shape index (κ3) is 3.11. The van der Waals surface area contributed by atoms with Crippen LogP contribution in [-0.2, 0) is 4.74 Å². The number of esters is 1. The third-order valence-electron chi connectivity index (χ3n) is 2.29. The number of hydrogen-bond donors (Lipinski definition) is 0. The Bertz CT molecular complexity index is 528. The SMILES string of the molecule is CCOC(=O)c1ccc(Oc2cc(C)cs2)cc1. The lowest BCUT2D eigenvalue weighted by Gasteiger charge is -2.04. The molecular weight excluding hydrogens is 248 g/mol. The zero-order chi connectivity index (χ0) is 13.0. The van der Waals surface area contributed by atoms with E-state index in [-0.39, 0.29) is 5.97 Å². The van der Waals surface area contributed by atoms with E-state index in [0.717, 1.165) is 5.06 Å². The van der Waals surface area contributed by atoms with Crippen molar-refractivity contribution in [1.82, 2.24) is 0 Å². The Morgan fingerprint density at radius 1 is 1.28 bits per heavy atom. The van der Waals surface area contributed by atoms with Gasteiger partial charge < -0.3 is 9.47 Å². The second-order valence-electron chi connectivity index (χ2n) is 3.79. The lowest BCUT2D eigenvalue weighted by atomic mass is 10.2. The minimum absolute atomic E-state index is 0.309. The van der Waals surface area contributed by atoms with Crippen LogP contribution in [0.3, 0.4) is 0 Å². The molecule has 0 aliphatic carbocycles. The fraction of sp³-hybridized carbons (Fsp3) is 0.214. The smallest absolute Gasteiger partial charge is 0.338 e. The average Bonchev–Trinajstić information content (AvgIpc) is 2.76. The Labute approximate surface area is 110 Å². The van der Waals surface area contributed by atoms with Crippen molar-refractivity contribution in [3.8, 4) is 10.8 Å². The zero-order valence-corrected chi connectivity index (χ0v) is 11.1. The zero-order valence-electron chi connectivity index (χ0n) is 10.3. The summed E-state index contributed by atoms with van der Waals surface area (Å²) in [5, 5.41) is 2.87. The molecule has 2 rings (SSSR count). The highest BCUT2D eigenvalue weighted by atomic mass is 32.1. The van der Waals surface area contributed by atoms with E-state index < -0.39 is 0 Å². The number of rotatable bonds is 4. The fourth-order valence-electron chi connectivity index (χ4n) is 1.45. The number of benzene rings is 1. The summed E-state index contributed by atoms with van der Waals surface area (Å²) in [7, 11) is 0. The number of ether oxygens (including phenoxy) is 2. The molecule has 0 spiro atoms. The Morgan fingerprint density at radius 2 is 2.00 bits per heavy atom. The van der Waals surface area contributed by atoms with Crippen molar-refractivity contribution in [1.29, 1.82) is 0 Å². The van der Waals surface area contributed by atoms with Crippen LogP contribution in [0.25, 0.3) is 0 Å². The maximum atomic E-state index is 11.5. The predicted octanol–water partition coefficient (Wildman–Crippen LogP) is 4.03. The van der Waals surface area contributed by atoms with Crippen LogP contribution in [0.2, 0.25) is 0 Å². The van der Waals surface area contributed by atoms with E-state index in [4.69, 9.17) is 9.47 Å². The molecule has 0 saturated carbocycles. The second kappa shape index (κ2) is 5.69. The molecule has 0 unspecified atom stereocenters. The second-order valence-corrected chi connectivity index (χ2v) is 4.66. The molecule has 0 bridgehead atoms. The van der Waals surface area contributed by atoms with Crippen LogP contribution in [0, 0.1) is 6.92 Å². The van der Waals surface area contributed by atoms with Crippen LogP contribution < -0.4 is 4.74 Å². The quantitative estimate of drug-likeness (QED) is 0.780. The third-order valence-corrected chi connectivity index (χ3v) is 3.21. The summed E-state index contributed by atoms with van der Waals surface area (Å²) in [6.45, 7) is 4.19. The molecule has 1 aromatic heterocycles. The van der Waals surface area contributed by atoms with Gasteiger partial charge in [0.05, 0.1) is 12.2 Å². The highest BCUT2D eigenvalue weighted by molar-refractivity contribution is 7.12. The molecule has 4 heteroatoms. The topological polar surface area (TPSA) is 35.5 Å². The monoisotopic (exact) mass is 262 g/mol. The first kappa shape index (κ1) is 12.6. The van der Waals surface area contributed by atoms with E-state index in [0.29, 0.717) is 17.9 Å². The van der Waals surface area contributed by atoms with Crippen molar-refractivity contribution < 1.29 is 14.3 Å². The molecule has 0 fully saturated rings. The van der Waals surface area contributed by atoms with Gasteiger partial charge in [0.1, 0.15) is 5.75 Å². The molecule has 94 valence electrons. The number of carbonyl (C=O) groups excluding carboxylic acids is 1. The molecular formula is C14H14O3S. The minimum Gasteiger partial charge on any atom is -0.462 e. The largest absolute Gasteiger partial charge is 0.462 e. The van der Waals surface area contributed by atoms with Crippen molar-refractivity contribution in [2.24, 2.45) is 0 Å². The molecule has 1 aromatic carbocycles. The molecule has 2 aromatic rings. The van der Waals surface area contributed by atoms with E-state index in [1.807, 2.05) is 18.4 Å². The lowest BCUT2D eigenvalue weighted by molar-refractivity contribution is 0.0526.